The number of nitrogens with two attached hydrogens (primary N) is 1. The van der Waals surface area contributed by atoms with E-state index in [0.29, 0.717) is 10.9 Å². The van der Waals surface area contributed by atoms with E-state index in [1.54, 1.807) is 24.3 Å². The number of hydrogen-bond acceptors (Lipinski definition) is 4. The minimum absolute atomic E-state index is 0.00450. The number of rotatable bonds is 4. The molecule has 7 heteroatoms. The van der Waals surface area contributed by atoms with Crippen molar-refractivity contribution >= 4 is 22.7 Å². The number of nitrogens with one attached hydrogen (secondary N) is 3. The number of benzene rings is 1. The van der Waals surface area contributed by atoms with Crippen molar-refractivity contribution in [2.45, 2.75) is 37.8 Å². The lowest BCUT2D eigenvalue weighted by molar-refractivity contribution is -0.121. The molecule has 132 valence electrons. The van der Waals surface area contributed by atoms with Gasteiger partial charge in [0.2, 0.25) is 11.3 Å². The van der Waals surface area contributed by atoms with E-state index in [4.69, 9.17) is 5.73 Å². The van der Waals surface area contributed by atoms with Crippen LogP contribution in [0.1, 0.15) is 36.0 Å². The fourth-order valence-electron chi connectivity index (χ4n) is 3.13. The fraction of sp³-hybridized carbons (Fsp3) is 0.389. The predicted octanol–water partition coefficient (Wildman–Crippen LogP) is 0.644. The van der Waals surface area contributed by atoms with Gasteiger partial charge >= 0.3 is 0 Å². The lowest BCUT2D eigenvalue weighted by Gasteiger charge is -2.26. The molecule has 7 nitrogen and oxygen atoms in total. The number of para-hydroxylation sites is 1. The summed E-state index contributed by atoms with van der Waals surface area (Å²) in [6, 6.07) is 7.29. The standard InChI is InChI=1S/C18H22N4O3/c19-11-5-7-12(8-6-11)22-16(23)10-21-18(25)14-9-20-15-4-2-1-3-13(15)17(14)24/h1-4,9,11-12H,5-8,10,19H2,(H,20,24)(H,21,25)(H,22,23). The van der Waals surface area contributed by atoms with Crippen molar-refractivity contribution in [3.05, 3.63) is 46.2 Å². The molecular weight excluding hydrogens is 320 g/mol. The quantitative estimate of drug-likeness (QED) is 0.652. The number of aromatic amines is 1. The number of H-pyrrole nitrogens is 1. The molecule has 1 aliphatic carbocycles. The topological polar surface area (TPSA) is 117 Å². The van der Waals surface area contributed by atoms with E-state index >= 15 is 0 Å². The van der Waals surface area contributed by atoms with Crippen LogP contribution < -0.4 is 21.8 Å². The van der Waals surface area contributed by atoms with Crippen molar-refractivity contribution in [1.82, 2.24) is 15.6 Å². The Bertz CT molecular complexity index is 838. The average Bonchev–Trinajstić information content (AvgIpc) is 2.62. The second kappa shape index (κ2) is 7.48. The first kappa shape index (κ1) is 17.2. The third kappa shape index (κ3) is 4.06. The largest absolute Gasteiger partial charge is 0.360 e. The van der Waals surface area contributed by atoms with Gasteiger partial charge < -0.3 is 21.4 Å². The molecule has 1 fully saturated rings. The third-order valence-electron chi connectivity index (χ3n) is 4.58. The minimum atomic E-state index is -0.562. The van der Waals surface area contributed by atoms with Crippen LogP contribution in [-0.4, -0.2) is 35.4 Å². The highest BCUT2D eigenvalue weighted by Gasteiger charge is 2.20. The summed E-state index contributed by atoms with van der Waals surface area (Å²) >= 11 is 0. The number of carbonyl (C=O) groups is 2. The van der Waals surface area contributed by atoms with Crippen LogP contribution in [0.2, 0.25) is 0 Å². The molecule has 0 aliphatic heterocycles. The summed E-state index contributed by atoms with van der Waals surface area (Å²) in [7, 11) is 0. The molecule has 25 heavy (non-hydrogen) atoms. The molecule has 5 N–H and O–H groups in total. The summed E-state index contributed by atoms with van der Waals surface area (Å²) in [6.45, 7) is -0.159. The Kier molecular flexibility index (Phi) is 5.14. The van der Waals surface area contributed by atoms with Gasteiger partial charge in [-0.15, -0.1) is 0 Å². The summed E-state index contributed by atoms with van der Waals surface area (Å²) in [5.74, 6) is -0.821. The van der Waals surface area contributed by atoms with Crippen molar-refractivity contribution in [2.24, 2.45) is 5.73 Å². The molecule has 0 bridgehead atoms. The molecule has 1 aromatic carbocycles. The smallest absolute Gasteiger partial charge is 0.257 e. The number of pyridine rings is 1. The Morgan fingerprint density at radius 3 is 2.64 bits per heavy atom. The normalized spacial score (nSPS) is 20.2. The van der Waals surface area contributed by atoms with Crippen molar-refractivity contribution in [1.29, 1.82) is 0 Å². The Balaban J connectivity index is 1.58. The SMILES string of the molecule is NC1CCC(NC(=O)CNC(=O)c2c[nH]c3ccccc3c2=O)CC1. The summed E-state index contributed by atoms with van der Waals surface area (Å²) in [5, 5.41) is 5.84. The number of aromatic nitrogens is 1. The minimum Gasteiger partial charge on any atom is -0.360 e. The summed E-state index contributed by atoms with van der Waals surface area (Å²) in [4.78, 5) is 39.5. The van der Waals surface area contributed by atoms with Gasteiger partial charge in [-0.2, -0.15) is 0 Å². The van der Waals surface area contributed by atoms with Gasteiger partial charge in [0.05, 0.1) is 6.54 Å². The predicted molar refractivity (Wildman–Crippen MR) is 95.3 cm³/mol. The molecule has 1 aliphatic rings. The molecule has 0 atom stereocenters. The van der Waals surface area contributed by atoms with Crippen molar-refractivity contribution < 1.29 is 9.59 Å². The maximum atomic E-state index is 12.4. The monoisotopic (exact) mass is 342 g/mol. The zero-order chi connectivity index (χ0) is 17.8. The van der Waals surface area contributed by atoms with E-state index in [1.165, 1.54) is 6.20 Å². The first-order valence-corrected chi connectivity index (χ1v) is 8.48. The van der Waals surface area contributed by atoms with E-state index in [0.717, 1.165) is 25.7 Å². The van der Waals surface area contributed by atoms with Crippen LogP contribution in [0.3, 0.4) is 0 Å². The Morgan fingerprint density at radius 2 is 1.88 bits per heavy atom. The van der Waals surface area contributed by atoms with Crippen LogP contribution in [-0.2, 0) is 4.79 Å². The number of carbonyl (C=O) groups excluding carboxylic acids is 2. The molecular formula is C18H22N4O3. The van der Waals surface area contributed by atoms with Gasteiger partial charge in [-0.3, -0.25) is 14.4 Å². The van der Waals surface area contributed by atoms with Gasteiger partial charge in [0.15, 0.2) is 0 Å². The van der Waals surface area contributed by atoms with Gasteiger partial charge in [0, 0.05) is 29.2 Å². The molecule has 0 spiro atoms. The number of amides is 2. The third-order valence-corrected chi connectivity index (χ3v) is 4.58. The van der Waals surface area contributed by atoms with Crippen LogP contribution >= 0.6 is 0 Å². The second-order valence-corrected chi connectivity index (χ2v) is 6.44. The van der Waals surface area contributed by atoms with Gasteiger partial charge in [0.1, 0.15) is 5.56 Å². The van der Waals surface area contributed by atoms with Crippen LogP contribution in [0.15, 0.2) is 35.3 Å². The highest BCUT2D eigenvalue weighted by atomic mass is 16.2. The number of hydrogen-bond donors (Lipinski definition) is 4. The van der Waals surface area contributed by atoms with E-state index in [2.05, 4.69) is 15.6 Å². The molecule has 0 unspecified atom stereocenters. The van der Waals surface area contributed by atoms with Crippen molar-refractivity contribution in [2.75, 3.05) is 6.54 Å². The first-order valence-electron chi connectivity index (χ1n) is 8.48. The van der Waals surface area contributed by atoms with Gasteiger partial charge in [-0.1, -0.05) is 12.1 Å². The molecule has 3 rings (SSSR count). The van der Waals surface area contributed by atoms with Gasteiger partial charge in [-0.25, -0.2) is 0 Å². The van der Waals surface area contributed by atoms with Crippen LogP contribution in [0.25, 0.3) is 10.9 Å². The number of fused-ring (bicyclic) bond motifs is 1. The van der Waals surface area contributed by atoms with E-state index in [1.807, 2.05) is 0 Å². The molecule has 1 saturated carbocycles. The average molecular weight is 342 g/mol. The second-order valence-electron chi connectivity index (χ2n) is 6.44. The first-order chi connectivity index (χ1) is 12.0. The van der Waals surface area contributed by atoms with E-state index in [9.17, 15) is 14.4 Å². The van der Waals surface area contributed by atoms with E-state index in [-0.39, 0.29) is 35.5 Å². The molecule has 2 amide bonds. The molecule has 0 saturated heterocycles. The van der Waals surface area contributed by atoms with Crippen molar-refractivity contribution in [3.63, 3.8) is 0 Å². The summed E-state index contributed by atoms with van der Waals surface area (Å²) in [6.07, 6.45) is 4.87. The van der Waals surface area contributed by atoms with Gasteiger partial charge in [0.25, 0.3) is 5.91 Å². The Hall–Kier alpha value is -2.67. The fourth-order valence-corrected chi connectivity index (χ4v) is 3.13. The van der Waals surface area contributed by atoms with Gasteiger partial charge in [-0.05, 0) is 37.8 Å². The summed E-state index contributed by atoms with van der Waals surface area (Å²) in [5.41, 5.74) is 6.15. The highest BCUT2D eigenvalue weighted by molar-refractivity contribution is 5.98. The van der Waals surface area contributed by atoms with Crippen LogP contribution in [0.5, 0.6) is 0 Å². The highest BCUT2D eigenvalue weighted by Crippen LogP contribution is 2.16. The lowest BCUT2D eigenvalue weighted by Crippen LogP contribution is -2.45. The summed E-state index contributed by atoms with van der Waals surface area (Å²) < 4.78 is 0. The Labute approximate surface area is 145 Å². The molecule has 1 heterocycles. The zero-order valence-electron chi connectivity index (χ0n) is 13.9. The molecule has 0 radical (unpaired) electrons. The van der Waals surface area contributed by atoms with Crippen LogP contribution in [0.4, 0.5) is 0 Å². The Morgan fingerprint density at radius 1 is 1.16 bits per heavy atom. The van der Waals surface area contributed by atoms with Crippen LogP contribution in [0, 0.1) is 0 Å². The van der Waals surface area contributed by atoms with E-state index < -0.39 is 5.91 Å². The molecule has 1 aromatic heterocycles. The zero-order valence-corrected chi connectivity index (χ0v) is 13.9. The molecule has 2 aromatic rings. The lowest BCUT2D eigenvalue weighted by atomic mass is 9.92. The maximum Gasteiger partial charge on any atom is 0.257 e. The van der Waals surface area contributed by atoms with Crippen molar-refractivity contribution in [3.8, 4) is 0 Å². The maximum absolute atomic E-state index is 12.4.